The quantitative estimate of drug-likeness (QED) is 0.876. The predicted octanol–water partition coefficient (Wildman–Crippen LogP) is 4.26. The molecular weight excluding hydrogens is 260 g/mol. The highest BCUT2D eigenvalue weighted by atomic mass is 35.5. The van der Waals surface area contributed by atoms with Gasteiger partial charge in [0.25, 0.3) is 0 Å². The van der Waals surface area contributed by atoms with Crippen LogP contribution in [0.25, 0.3) is 0 Å². The number of nitrogens with zero attached hydrogens (tertiary/aromatic N) is 1. The zero-order chi connectivity index (χ0) is 13.7. The van der Waals surface area contributed by atoms with Crippen molar-refractivity contribution in [3.63, 3.8) is 0 Å². The van der Waals surface area contributed by atoms with Crippen molar-refractivity contribution in [3.8, 4) is 0 Å². The minimum atomic E-state index is 0.356. The van der Waals surface area contributed by atoms with Crippen LogP contribution in [-0.2, 0) is 11.3 Å². The van der Waals surface area contributed by atoms with Crippen molar-refractivity contribution in [2.45, 2.75) is 52.2 Å². The number of pyridine rings is 1. The second-order valence-electron chi connectivity index (χ2n) is 5.27. The van der Waals surface area contributed by atoms with Crippen LogP contribution in [0.3, 0.4) is 0 Å². The summed E-state index contributed by atoms with van der Waals surface area (Å²) >= 11 is 6.18. The smallest absolute Gasteiger partial charge is 0.126 e. The molecule has 1 aliphatic carbocycles. The van der Waals surface area contributed by atoms with Crippen LogP contribution in [0.2, 0.25) is 5.02 Å². The summed E-state index contributed by atoms with van der Waals surface area (Å²) in [5, 5.41) is 3.88. The molecule has 4 heteroatoms. The van der Waals surface area contributed by atoms with Crippen molar-refractivity contribution in [2.75, 3.05) is 11.9 Å². The van der Waals surface area contributed by atoms with E-state index in [2.05, 4.69) is 24.1 Å². The minimum absolute atomic E-state index is 0.356. The molecule has 2 unspecified atom stereocenters. The molecule has 1 aromatic heterocycles. The first kappa shape index (κ1) is 14.6. The Morgan fingerprint density at radius 2 is 2.16 bits per heavy atom. The van der Waals surface area contributed by atoms with Crippen molar-refractivity contribution in [3.05, 3.63) is 22.8 Å². The van der Waals surface area contributed by atoms with Gasteiger partial charge in [-0.15, -0.1) is 0 Å². The molecule has 0 aromatic carbocycles. The van der Waals surface area contributed by atoms with Crippen molar-refractivity contribution in [1.82, 2.24) is 4.98 Å². The summed E-state index contributed by atoms with van der Waals surface area (Å²) in [6, 6.07) is 3.79. The van der Waals surface area contributed by atoms with E-state index in [0.29, 0.717) is 23.7 Å². The molecule has 0 amide bonds. The van der Waals surface area contributed by atoms with E-state index in [1.54, 1.807) is 0 Å². The van der Waals surface area contributed by atoms with Gasteiger partial charge in [0, 0.05) is 6.54 Å². The minimum Gasteiger partial charge on any atom is -0.372 e. The van der Waals surface area contributed by atoms with E-state index in [4.69, 9.17) is 16.3 Å². The summed E-state index contributed by atoms with van der Waals surface area (Å²) < 4.78 is 6.02. The van der Waals surface area contributed by atoms with Crippen LogP contribution < -0.4 is 5.32 Å². The second kappa shape index (κ2) is 7.11. The highest BCUT2D eigenvalue weighted by Gasteiger charge is 2.22. The molecule has 106 valence electrons. The van der Waals surface area contributed by atoms with Crippen LogP contribution in [-0.4, -0.2) is 17.6 Å². The fraction of sp³-hybridized carbons (Fsp3) is 0.667. The third-order valence-corrected chi connectivity index (χ3v) is 4.09. The van der Waals surface area contributed by atoms with Gasteiger partial charge in [0.15, 0.2) is 0 Å². The van der Waals surface area contributed by atoms with Gasteiger partial charge < -0.3 is 10.1 Å². The lowest BCUT2D eigenvalue weighted by Gasteiger charge is -2.28. The molecule has 0 saturated heterocycles. The van der Waals surface area contributed by atoms with Crippen molar-refractivity contribution < 1.29 is 4.74 Å². The second-order valence-corrected chi connectivity index (χ2v) is 5.67. The lowest BCUT2D eigenvalue weighted by atomic mass is 9.88. The average molecular weight is 283 g/mol. The monoisotopic (exact) mass is 282 g/mol. The molecule has 2 rings (SSSR count). The molecule has 0 radical (unpaired) electrons. The third-order valence-electron chi connectivity index (χ3n) is 3.74. The molecule has 0 bridgehead atoms. The van der Waals surface area contributed by atoms with Gasteiger partial charge in [-0.05, 0) is 37.8 Å². The van der Waals surface area contributed by atoms with Crippen molar-refractivity contribution in [2.24, 2.45) is 5.92 Å². The first-order chi connectivity index (χ1) is 9.20. The number of halogens is 1. The summed E-state index contributed by atoms with van der Waals surface area (Å²) in [6.07, 6.45) is 5.38. The van der Waals surface area contributed by atoms with Gasteiger partial charge in [-0.3, -0.25) is 0 Å². The Bertz CT molecular complexity index is 411. The van der Waals surface area contributed by atoms with Gasteiger partial charge in [-0.1, -0.05) is 31.4 Å². The fourth-order valence-electron chi connectivity index (χ4n) is 2.58. The lowest BCUT2D eigenvalue weighted by molar-refractivity contribution is -0.0167. The van der Waals surface area contributed by atoms with Crippen LogP contribution in [0.1, 0.15) is 45.2 Å². The molecule has 1 aromatic rings. The highest BCUT2D eigenvalue weighted by molar-refractivity contribution is 6.31. The Kier molecular flexibility index (Phi) is 5.46. The Morgan fingerprint density at radius 1 is 1.37 bits per heavy atom. The largest absolute Gasteiger partial charge is 0.372 e. The van der Waals surface area contributed by atoms with E-state index in [9.17, 15) is 0 Å². The molecule has 19 heavy (non-hydrogen) atoms. The van der Waals surface area contributed by atoms with Crippen LogP contribution in [0.4, 0.5) is 5.82 Å². The summed E-state index contributed by atoms with van der Waals surface area (Å²) in [4.78, 5) is 4.50. The maximum absolute atomic E-state index is 6.18. The number of anilines is 1. The number of ether oxygens (including phenoxy) is 1. The number of nitrogens with one attached hydrogen (secondary N) is 1. The van der Waals surface area contributed by atoms with Crippen molar-refractivity contribution >= 4 is 17.4 Å². The van der Waals surface area contributed by atoms with Crippen LogP contribution >= 0.6 is 11.6 Å². The average Bonchev–Trinajstić information content (AvgIpc) is 2.41. The molecule has 0 spiro atoms. The number of hydrogen-bond donors (Lipinski definition) is 1. The first-order valence-electron chi connectivity index (χ1n) is 7.21. The zero-order valence-electron chi connectivity index (χ0n) is 11.8. The van der Waals surface area contributed by atoms with Gasteiger partial charge >= 0.3 is 0 Å². The first-order valence-corrected chi connectivity index (χ1v) is 7.59. The van der Waals surface area contributed by atoms with Gasteiger partial charge in [0.1, 0.15) is 5.82 Å². The summed E-state index contributed by atoms with van der Waals surface area (Å²) in [5.74, 6) is 1.51. The van der Waals surface area contributed by atoms with Gasteiger partial charge in [-0.2, -0.15) is 0 Å². The van der Waals surface area contributed by atoms with Crippen LogP contribution in [0.15, 0.2) is 12.1 Å². The van der Waals surface area contributed by atoms with E-state index in [0.717, 1.165) is 24.5 Å². The van der Waals surface area contributed by atoms with E-state index >= 15 is 0 Å². The lowest BCUT2D eigenvalue weighted by Crippen LogP contribution is -2.25. The van der Waals surface area contributed by atoms with Crippen molar-refractivity contribution in [1.29, 1.82) is 0 Å². The molecular formula is C15H23ClN2O. The normalized spacial score (nSPS) is 23.3. The fourth-order valence-corrected chi connectivity index (χ4v) is 2.74. The molecule has 1 heterocycles. The number of hydrogen-bond acceptors (Lipinski definition) is 3. The molecule has 0 aliphatic heterocycles. The third kappa shape index (κ3) is 4.08. The van der Waals surface area contributed by atoms with Gasteiger partial charge in [-0.25, -0.2) is 4.98 Å². The molecule has 1 saturated carbocycles. The maximum Gasteiger partial charge on any atom is 0.126 e. The van der Waals surface area contributed by atoms with E-state index in [1.165, 1.54) is 19.3 Å². The number of rotatable bonds is 5. The maximum atomic E-state index is 6.18. The topological polar surface area (TPSA) is 34.1 Å². The summed E-state index contributed by atoms with van der Waals surface area (Å²) in [6.45, 7) is 5.69. The highest BCUT2D eigenvalue weighted by Crippen LogP contribution is 2.27. The molecule has 1 N–H and O–H groups in total. The summed E-state index contributed by atoms with van der Waals surface area (Å²) in [7, 11) is 0. The Balaban J connectivity index is 1.96. The van der Waals surface area contributed by atoms with Gasteiger partial charge in [0.2, 0.25) is 0 Å². The Morgan fingerprint density at radius 3 is 2.89 bits per heavy atom. The van der Waals surface area contributed by atoms with E-state index in [1.807, 2.05) is 12.1 Å². The SMILES string of the molecule is CCNc1ccc(Cl)c(COC2CCCCC2C)n1. The van der Waals surface area contributed by atoms with Gasteiger partial charge in [0.05, 0.1) is 23.4 Å². The Hall–Kier alpha value is -0.800. The van der Waals surface area contributed by atoms with E-state index < -0.39 is 0 Å². The molecule has 1 fully saturated rings. The molecule has 1 aliphatic rings. The predicted molar refractivity (Wildman–Crippen MR) is 79.6 cm³/mol. The standard InChI is InChI=1S/C15H23ClN2O/c1-3-17-15-9-8-12(16)13(18-15)10-19-14-7-5-4-6-11(14)2/h8-9,11,14H,3-7,10H2,1-2H3,(H,17,18). The molecule has 2 atom stereocenters. The zero-order valence-corrected chi connectivity index (χ0v) is 12.5. The number of aromatic nitrogens is 1. The molecule has 3 nitrogen and oxygen atoms in total. The summed E-state index contributed by atoms with van der Waals surface area (Å²) in [5.41, 5.74) is 0.831. The van der Waals surface area contributed by atoms with E-state index in [-0.39, 0.29) is 0 Å². The Labute approximate surface area is 120 Å². The van der Waals surface area contributed by atoms with Crippen LogP contribution in [0.5, 0.6) is 0 Å². The van der Waals surface area contributed by atoms with Crippen LogP contribution in [0, 0.1) is 5.92 Å².